The minimum atomic E-state index is -0.956. The van der Waals surface area contributed by atoms with Gasteiger partial charge in [0, 0.05) is 0 Å². The zero-order valence-electron chi connectivity index (χ0n) is 16.5. The molecule has 2 aromatic carbocycles. The molecule has 7 nitrogen and oxygen atoms in total. The Labute approximate surface area is 183 Å². The number of rotatable bonds is 7. The molecule has 0 N–H and O–H groups in total. The number of amides is 2. The summed E-state index contributed by atoms with van der Waals surface area (Å²) in [6, 6.07) is 6.87. The van der Waals surface area contributed by atoms with Gasteiger partial charge in [0.1, 0.15) is 0 Å². The summed E-state index contributed by atoms with van der Waals surface area (Å²) in [5, 5.41) is 0.216. The van der Waals surface area contributed by atoms with Crippen LogP contribution in [0.25, 0.3) is 0 Å². The topological polar surface area (TPSA) is 82.1 Å². The molecule has 1 aliphatic rings. The summed E-state index contributed by atoms with van der Waals surface area (Å²) in [4.78, 5) is 39.4. The van der Waals surface area contributed by atoms with Crippen LogP contribution in [0.5, 0.6) is 11.5 Å². The highest BCUT2D eigenvalue weighted by atomic mass is 35.5. The number of imide groups is 1. The van der Waals surface area contributed by atoms with Crippen LogP contribution in [0.4, 0.5) is 0 Å². The van der Waals surface area contributed by atoms with Crippen LogP contribution in [0.1, 0.15) is 45.7 Å². The second kappa shape index (κ2) is 8.93. The zero-order valence-corrected chi connectivity index (χ0v) is 18.0. The first-order valence-corrected chi connectivity index (χ1v) is 9.83. The van der Waals surface area contributed by atoms with Gasteiger partial charge < -0.3 is 14.2 Å². The lowest BCUT2D eigenvalue weighted by molar-refractivity contribution is -0.141. The molecule has 158 valence electrons. The Hall–Kier alpha value is -2.77. The number of nitrogens with zero attached hydrogens (tertiary/aromatic N) is 1. The maximum Gasteiger partial charge on any atom is 0.307 e. The monoisotopic (exact) mass is 451 g/mol. The molecule has 1 unspecified atom stereocenters. The van der Waals surface area contributed by atoms with Crippen molar-refractivity contribution in [2.45, 2.75) is 19.4 Å². The summed E-state index contributed by atoms with van der Waals surface area (Å²) in [6.45, 7) is 2.19. The van der Waals surface area contributed by atoms with E-state index < -0.39 is 23.8 Å². The maximum absolute atomic E-state index is 13.2. The number of hydrogen-bond acceptors (Lipinski definition) is 6. The van der Waals surface area contributed by atoms with Crippen molar-refractivity contribution in [3.8, 4) is 11.5 Å². The summed E-state index contributed by atoms with van der Waals surface area (Å²) in [7, 11) is 2.73. The number of carbonyl (C=O) groups excluding carboxylic acids is 3. The van der Waals surface area contributed by atoms with E-state index in [1.165, 1.54) is 26.4 Å². The van der Waals surface area contributed by atoms with Crippen molar-refractivity contribution in [3.05, 3.63) is 57.1 Å². The first-order valence-electron chi connectivity index (χ1n) is 9.07. The van der Waals surface area contributed by atoms with Gasteiger partial charge in [-0.2, -0.15) is 0 Å². The smallest absolute Gasteiger partial charge is 0.307 e. The average molecular weight is 452 g/mol. The van der Waals surface area contributed by atoms with E-state index in [1.807, 2.05) is 6.92 Å². The summed E-state index contributed by atoms with van der Waals surface area (Å²) in [6.07, 6.45) is -0.255. The maximum atomic E-state index is 13.2. The van der Waals surface area contributed by atoms with Gasteiger partial charge in [-0.3, -0.25) is 19.3 Å². The van der Waals surface area contributed by atoms with Crippen LogP contribution < -0.4 is 9.47 Å². The van der Waals surface area contributed by atoms with Gasteiger partial charge in [0.2, 0.25) is 0 Å². The Bertz CT molecular complexity index is 982. The fourth-order valence-electron chi connectivity index (χ4n) is 3.35. The number of methoxy groups -OCH3 is 2. The molecule has 2 aromatic rings. The third-order valence-corrected chi connectivity index (χ3v) is 5.37. The normalized spacial score (nSPS) is 13.8. The zero-order chi connectivity index (χ0) is 22.0. The number of benzene rings is 2. The van der Waals surface area contributed by atoms with E-state index in [-0.39, 0.29) is 27.6 Å². The lowest BCUT2D eigenvalue weighted by Crippen LogP contribution is -2.35. The summed E-state index contributed by atoms with van der Waals surface area (Å²) < 4.78 is 15.7. The van der Waals surface area contributed by atoms with Crippen molar-refractivity contribution in [2.75, 3.05) is 20.8 Å². The van der Waals surface area contributed by atoms with Crippen LogP contribution in [-0.2, 0) is 9.53 Å². The van der Waals surface area contributed by atoms with E-state index >= 15 is 0 Å². The van der Waals surface area contributed by atoms with Gasteiger partial charge in [0.25, 0.3) is 11.8 Å². The van der Waals surface area contributed by atoms with E-state index in [4.69, 9.17) is 37.4 Å². The second-order valence-corrected chi connectivity index (χ2v) is 7.21. The molecule has 1 aliphatic heterocycles. The largest absolute Gasteiger partial charge is 0.493 e. The van der Waals surface area contributed by atoms with E-state index in [0.717, 1.165) is 4.90 Å². The molecule has 30 heavy (non-hydrogen) atoms. The molecule has 0 aromatic heterocycles. The number of ether oxygens (including phenoxy) is 3. The van der Waals surface area contributed by atoms with Crippen LogP contribution in [0.2, 0.25) is 10.0 Å². The first kappa shape index (κ1) is 21.9. The van der Waals surface area contributed by atoms with Gasteiger partial charge in [0.15, 0.2) is 11.5 Å². The minimum Gasteiger partial charge on any atom is -0.493 e. The molecule has 1 atom stereocenters. The quantitative estimate of drug-likeness (QED) is 0.460. The van der Waals surface area contributed by atoms with Crippen molar-refractivity contribution < 1.29 is 28.6 Å². The van der Waals surface area contributed by atoms with Gasteiger partial charge >= 0.3 is 5.97 Å². The lowest BCUT2D eigenvalue weighted by atomic mass is 10.0. The van der Waals surface area contributed by atoms with Crippen molar-refractivity contribution >= 4 is 41.0 Å². The molecule has 2 amide bonds. The van der Waals surface area contributed by atoms with E-state index in [0.29, 0.717) is 23.7 Å². The molecule has 0 spiro atoms. The van der Waals surface area contributed by atoms with Crippen molar-refractivity contribution in [1.29, 1.82) is 0 Å². The Morgan fingerprint density at radius 2 is 1.60 bits per heavy atom. The fourth-order valence-corrected chi connectivity index (χ4v) is 3.83. The highest BCUT2D eigenvalue weighted by Gasteiger charge is 2.44. The standard InChI is InChI=1S/C21H19Cl2NO6/c1-4-30-16-9-11(5-8-15(16)28-2)14(10-17(25)29-3)24-20(26)18-12(22)6-7-13(23)19(18)21(24)27/h5-9,14H,4,10H2,1-3H3. The van der Waals surface area contributed by atoms with Crippen LogP contribution >= 0.6 is 23.2 Å². The minimum absolute atomic E-state index is 0.0163. The van der Waals surface area contributed by atoms with Crippen LogP contribution in [0.15, 0.2) is 30.3 Å². The predicted molar refractivity (Wildman–Crippen MR) is 110 cm³/mol. The van der Waals surface area contributed by atoms with Crippen LogP contribution in [-0.4, -0.2) is 43.5 Å². The molecule has 0 saturated heterocycles. The predicted octanol–water partition coefficient (Wildman–Crippen LogP) is 4.30. The molecule has 0 saturated carbocycles. The van der Waals surface area contributed by atoms with E-state index in [2.05, 4.69) is 0 Å². The molecule has 0 aliphatic carbocycles. The number of hydrogen-bond donors (Lipinski definition) is 0. The van der Waals surface area contributed by atoms with Gasteiger partial charge in [-0.15, -0.1) is 0 Å². The Balaban J connectivity index is 2.12. The Morgan fingerprint density at radius 1 is 1.00 bits per heavy atom. The molecule has 0 radical (unpaired) electrons. The van der Waals surface area contributed by atoms with Gasteiger partial charge in [-0.05, 0) is 36.8 Å². The molecular formula is C21H19Cl2NO6. The van der Waals surface area contributed by atoms with E-state index in [9.17, 15) is 14.4 Å². The number of carbonyl (C=O) groups is 3. The molecule has 0 fully saturated rings. The average Bonchev–Trinajstić information content (AvgIpc) is 3.00. The number of fused-ring (bicyclic) bond motifs is 1. The third-order valence-electron chi connectivity index (χ3n) is 4.74. The SMILES string of the molecule is CCOc1cc(C(CC(=O)OC)N2C(=O)c3c(Cl)ccc(Cl)c3C2=O)ccc1OC. The molecule has 0 bridgehead atoms. The third kappa shape index (κ3) is 3.82. The fraction of sp³-hybridized carbons (Fsp3) is 0.286. The molecular weight excluding hydrogens is 433 g/mol. The molecule has 1 heterocycles. The molecule has 9 heteroatoms. The summed E-state index contributed by atoms with van der Waals surface area (Å²) >= 11 is 12.3. The Kier molecular flexibility index (Phi) is 6.53. The van der Waals surface area contributed by atoms with Gasteiger partial charge in [0.05, 0.1) is 54.5 Å². The van der Waals surface area contributed by atoms with Crippen LogP contribution in [0.3, 0.4) is 0 Å². The van der Waals surface area contributed by atoms with Crippen molar-refractivity contribution in [2.24, 2.45) is 0 Å². The highest BCUT2D eigenvalue weighted by Crippen LogP contribution is 2.41. The first-order chi connectivity index (χ1) is 14.3. The number of halogens is 2. The van der Waals surface area contributed by atoms with Crippen LogP contribution in [0, 0.1) is 0 Å². The highest BCUT2D eigenvalue weighted by molar-refractivity contribution is 6.41. The summed E-state index contributed by atoms with van der Waals surface area (Å²) in [5.74, 6) is -0.969. The number of esters is 1. The van der Waals surface area contributed by atoms with Crippen molar-refractivity contribution in [3.63, 3.8) is 0 Å². The molecule has 3 rings (SSSR count). The lowest BCUT2D eigenvalue weighted by Gasteiger charge is -2.26. The van der Waals surface area contributed by atoms with Crippen molar-refractivity contribution in [1.82, 2.24) is 4.90 Å². The Morgan fingerprint density at radius 3 is 2.10 bits per heavy atom. The second-order valence-electron chi connectivity index (χ2n) is 6.40. The van der Waals surface area contributed by atoms with Gasteiger partial charge in [-0.25, -0.2) is 0 Å². The van der Waals surface area contributed by atoms with E-state index in [1.54, 1.807) is 18.2 Å². The van der Waals surface area contributed by atoms with Gasteiger partial charge in [-0.1, -0.05) is 29.3 Å². The summed E-state index contributed by atoms with van der Waals surface area (Å²) in [5.41, 5.74) is 0.525.